The van der Waals surface area contributed by atoms with Crippen molar-refractivity contribution in [3.05, 3.63) is 64.7 Å². The van der Waals surface area contributed by atoms with Gasteiger partial charge < -0.3 is 5.32 Å². The number of carbonyl (C=O) groups is 1. The molecule has 2 nitrogen and oxygen atoms in total. The monoisotopic (exact) mass is 265 g/mol. The number of carbonyl (C=O) groups excluding carboxylic acids is 1. The van der Waals surface area contributed by atoms with Gasteiger partial charge in [0.25, 0.3) is 0 Å². The minimum absolute atomic E-state index is 0.140. The van der Waals surface area contributed by atoms with E-state index in [1.165, 1.54) is 11.1 Å². The van der Waals surface area contributed by atoms with Gasteiger partial charge in [-0.15, -0.1) is 0 Å². The summed E-state index contributed by atoms with van der Waals surface area (Å²) in [6.45, 7) is 3.11. The molecular weight excluding hydrogens is 246 g/mol. The van der Waals surface area contributed by atoms with Crippen molar-refractivity contribution in [1.29, 1.82) is 0 Å². The zero-order valence-corrected chi connectivity index (χ0v) is 11.8. The Morgan fingerprint density at radius 3 is 2.90 bits per heavy atom. The highest BCUT2D eigenvalue weighted by molar-refractivity contribution is 6.10. The second-order valence-electron chi connectivity index (χ2n) is 5.25. The first-order valence-corrected chi connectivity index (χ1v) is 7.29. The fourth-order valence-electron chi connectivity index (χ4n) is 2.81. The van der Waals surface area contributed by atoms with Gasteiger partial charge in [0.05, 0.1) is 0 Å². The van der Waals surface area contributed by atoms with E-state index < -0.39 is 0 Å². The molecule has 0 saturated carbocycles. The van der Waals surface area contributed by atoms with Gasteiger partial charge in [-0.25, -0.2) is 0 Å². The normalized spacial score (nSPS) is 13.4. The molecule has 0 unspecified atom stereocenters. The minimum Gasteiger partial charge on any atom is -0.385 e. The van der Waals surface area contributed by atoms with Crippen LogP contribution in [0.25, 0.3) is 0 Å². The molecular formula is C18H19NO. The molecule has 1 N–H and O–H groups in total. The van der Waals surface area contributed by atoms with Gasteiger partial charge in [-0.2, -0.15) is 0 Å². The van der Waals surface area contributed by atoms with Crippen LogP contribution in [0.2, 0.25) is 0 Å². The maximum Gasteiger partial charge on any atom is 0.193 e. The summed E-state index contributed by atoms with van der Waals surface area (Å²) in [6, 6.07) is 13.9. The van der Waals surface area contributed by atoms with Gasteiger partial charge in [-0.05, 0) is 42.5 Å². The number of fused-ring (bicyclic) bond motifs is 1. The Labute approximate surface area is 119 Å². The standard InChI is InChI=1S/C18H19NO/c1-2-13-6-3-7-14(12-13)18(20)16-8-4-10-17-15(16)9-5-11-19-17/h3-4,6-8,10,12,19H,2,5,9,11H2,1H3. The van der Waals surface area contributed by atoms with Crippen LogP contribution in [-0.4, -0.2) is 12.3 Å². The van der Waals surface area contributed by atoms with Crippen molar-refractivity contribution in [2.24, 2.45) is 0 Å². The Balaban J connectivity index is 2.02. The lowest BCUT2D eigenvalue weighted by atomic mass is 9.92. The van der Waals surface area contributed by atoms with Crippen molar-refractivity contribution in [3.8, 4) is 0 Å². The van der Waals surface area contributed by atoms with Gasteiger partial charge in [-0.3, -0.25) is 4.79 Å². The molecule has 0 atom stereocenters. The fraction of sp³-hybridized carbons (Fsp3) is 0.278. The van der Waals surface area contributed by atoms with E-state index in [-0.39, 0.29) is 5.78 Å². The van der Waals surface area contributed by atoms with Crippen LogP contribution in [0.1, 0.15) is 40.4 Å². The van der Waals surface area contributed by atoms with Crippen LogP contribution in [0, 0.1) is 0 Å². The Hall–Kier alpha value is -2.09. The predicted octanol–water partition coefficient (Wildman–Crippen LogP) is 3.84. The molecule has 1 aliphatic rings. The first-order chi connectivity index (χ1) is 9.79. The van der Waals surface area contributed by atoms with Crippen molar-refractivity contribution in [2.75, 3.05) is 11.9 Å². The molecule has 1 aliphatic heterocycles. The summed E-state index contributed by atoms with van der Waals surface area (Å²) in [4.78, 5) is 12.8. The Bertz CT molecular complexity index is 646. The summed E-state index contributed by atoms with van der Waals surface area (Å²) in [7, 11) is 0. The SMILES string of the molecule is CCc1cccc(C(=O)c2cccc3c2CCCN3)c1. The molecule has 2 aromatic carbocycles. The van der Waals surface area contributed by atoms with Crippen LogP contribution in [-0.2, 0) is 12.8 Å². The average Bonchev–Trinajstić information content (AvgIpc) is 2.53. The number of rotatable bonds is 3. The van der Waals surface area contributed by atoms with Crippen LogP contribution in [0.3, 0.4) is 0 Å². The topological polar surface area (TPSA) is 29.1 Å². The summed E-state index contributed by atoms with van der Waals surface area (Å²) in [5.74, 6) is 0.140. The number of anilines is 1. The van der Waals surface area contributed by atoms with Gasteiger partial charge in [-0.1, -0.05) is 37.3 Å². The first kappa shape index (κ1) is 12.9. The molecule has 102 valence electrons. The Morgan fingerprint density at radius 1 is 1.20 bits per heavy atom. The smallest absolute Gasteiger partial charge is 0.193 e. The van der Waals surface area contributed by atoms with E-state index in [1.807, 2.05) is 30.3 Å². The molecule has 3 rings (SSSR count). The third kappa shape index (κ3) is 2.34. The van der Waals surface area contributed by atoms with Crippen LogP contribution in [0.4, 0.5) is 5.69 Å². The van der Waals surface area contributed by atoms with Gasteiger partial charge in [0.2, 0.25) is 0 Å². The number of nitrogens with one attached hydrogen (secondary N) is 1. The molecule has 1 heterocycles. The zero-order chi connectivity index (χ0) is 13.9. The second-order valence-corrected chi connectivity index (χ2v) is 5.25. The van der Waals surface area contributed by atoms with Crippen molar-refractivity contribution in [3.63, 3.8) is 0 Å². The molecule has 0 fully saturated rings. The van der Waals surface area contributed by atoms with E-state index in [2.05, 4.69) is 24.4 Å². The van der Waals surface area contributed by atoms with E-state index >= 15 is 0 Å². The largest absolute Gasteiger partial charge is 0.385 e. The van der Waals surface area contributed by atoms with E-state index in [0.29, 0.717) is 0 Å². The molecule has 2 aromatic rings. The van der Waals surface area contributed by atoms with E-state index in [9.17, 15) is 4.79 Å². The van der Waals surface area contributed by atoms with E-state index in [0.717, 1.165) is 42.6 Å². The van der Waals surface area contributed by atoms with Crippen LogP contribution in [0.15, 0.2) is 42.5 Å². The quantitative estimate of drug-likeness (QED) is 0.854. The Kier molecular flexibility index (Phi) is 3.55. The average molecular weight is 265 g/mol. The summed E-state index contributed by atoms with van der Waals surface area (Å²) in [5, 5.41) is 3.38. The van der Waals surface area contributed by atoms with E-state index in [1.54, 1.807) is 0 Å². The van der Waals surface area contributed by atoms with Crippen molar-refractivity contribution >= 4 is 11.5 Å². The Morgan fingerprint density at radius 2 is 2.05 bits per heavy atom. The predicted molar refractivity (Wildman–Crippen MR) is 82.5 cm³/mol. The molecule has 0 radical (unpaired) electrons. The maximum absolute atomic E-state index is 12.8. The molecule has 2 heteroatoms. The van der Waals surface area contributed by atoms with Crippen molar-refractivity contribution in [2.45, 2.75) is 26.2 Å². The van der Waals surface area contributed by atoms with Gasteiger partial charge in [0, 0.05) is 23.4 Å². The summed E-state index contributed by atoms with van der Waals surface area (Å²) in [6.07, 6.45) is 3.03. The first-order valence-electron chi connectivity index (χ1n) is 7.29. The van der Waals surface area contributed by atoms with Gasteiger partial charge in [0.15, 0.2) is 5.78 Å². The molecule has 0 aromatic heterocycles. The highest BCUT2D eigenvalue weighted by Gasteiger charge is 2.18. The highest BCUT2D eigenvalue weighted by Crippen LogP contribution is 2.27. The van der Waals surface area contributed by atoms with Crippen molar-refractivity contribution < 1.29 is 4.79 Å². The molecule has 0 aliphatic carbocycles. The minimum atomic E-state index is 0.140. The number of hydrogen-bond acceptors (Lipinski definition) is 2. The van der Waals surface area contributed by atoms with Crippen LogP contribution in [0.5, 0.6) is 0 Å². The second kappa shape index (κ2) is 5.49. The zero-order valence-electron chi connectivity index (χ0n) is 11.8. The molecule has 0 amide bonds. The number of aryl methyl sites for hydroxylation is 1. The maximum atomic E-state index is 12.8. The van der Waals surface area contributed by atoms with Crippen LogP contribution >= 0.6 is 0 Å². The lowest BCUT2D eigenvalue weighted by Crippen LogP contribution is -2.16. The lowest BCUT2D eigenvalue weighted by molar-refractivity contribution is 0.103. The van der Waals surface area contributed by atoms with Crippen LogP contribution < -0.4 is 5.32 Å². The third-order valence-corrected chi connectivity index (χ3v) is 3.94. The molecule has 0 spiro atoms. The molecule has 0 saturated heterocycles. The van der Waals surface area contributed by atoms with Gasteiger partial charge >= 0.3 is 0 Å². The highest BCUT2D eigenvalue weighted by atomic mass is 16.1. The summed E-state index contributed by atoms with van der Waals surface area (Å²) in [5.41, 5.74) is 5.14. The fourth-order valence-corrected chi connectivity index (χ4v) is 2.81. The summed E-state index contributed by atoms with van der Waals surface area (Å²) < 4.78 is 0. The van der Waals surface area contributed by atoms with Crippen molar-refractivity contribution in [1.82, 2.24) is 0 Å². The summed E-state index contributed by atoms with van der Waals surface area (Å²) >= 11 is 0. The number of hydrogen-bond donors (Lipinski definition) is 1. The number of benzene rings is 2. The third-order valence-electron chi connectivity index (χ3n) is 3.94. The molecule has 0 bridgehead atoms. The number of ketones is 1. The van der Waals surface area contributed by atoms with E-state index in [4.69, 9.17) is 0 Å². The molecule has 20 heavy (non-hydrogen) atoms. The lowest BCUT2D eigenvalue weighted by Gasteiger charge is -2.20. The van der Waals surface area contributed by atoms with Gasteiger partial charge in [0.1, 0.15) is 0 Å².